The highest BCUT2D eigenvalue weighted by Gasteiger charge is 2.15. The van der Waals surface area contributed by atoms with E-state index in [2.05, 4.69) is 11.9 Å². The molecule has 150 valence electrons. The van der Waals surface area contributed by atoms with E-state index in [1.165, 1.54) is 0 Å². The standard InChI is InChI=1S/C24H25NO4/c1-5-11-25-24(26)12-16(3)19-13-20-21(15-29-23(20)14-22(19)27-4)17-7-9-18(10-8-17)28-6-2/h5,7-10,12-15H,1,6,11H2,2-4H3,(H,25,26)/b16-12+. The Hall–Kier alpha value is -3.47. The van der Waals surface area contributed by atoms with Crippen molar-refractivity contribution in [1.82, 2.24) is 5.32 Å². The number of amides is 1. The van der Waals surface area contributed by atoms with Gasteiger partial charge in [0.1, 0.15) is 17.1 Å². The van der Waals surface area contributed by atoms with Crippen LogP contribution in [0, 0.1) is 0 Å². The molecule has 0 fully saturated rings. The molecular weight excluding hydrogens is 366 g/mol. The summed E-state index contributed by atoms with van der Waals surface area (Å²) >= 11 is 0. The van der Waals surface area contributed by atoms with Crippen molar-refractivity contribution < 1.29 is 18.7 Å². The molecule has 1 aromatic heterocycles. The number of rotatable bonds is 8. The molecule has 1 heterocycles. The lowest BCUT2D eigenvalue weighted by molar-refractivity contribution is -0.116. The first-order valence-corrected chi connectivity index (χ1v) is 9.47. The van der Waals surface area contributed by atoms with Crippen molar-refractivity contribution in [2.24, 2.45) is 0 Å². The van der Waals surface area contributed by atoms with Gasteiger partial charge in [-0.1, -0.05) is 18.2 Å². The minimum atomic E-state index is -0.177. The molecule has 0 aliphatic heterocycles. The number of methoxy groups -OCH3 is 1. The fourth-order valence-electron chi connectivity index (χ4n) is 3.15. The number of hydrogen-bond acceptors (Lipinski definition) is 4. The smallest absolute Gasteiger partial charge is 0.244 e. The average Bonchev–Trinajstić information content (AvgIpc) is 3.15. The highest BCUT2D eigenvalue weighted by atomic mass is 16.5. The van der Waals surface area contributed by atoms with Gasteiger partial charge >= 0.3 is 0 Å². The summed E-state index contributed by atoms with van der Waals surface area (Å²) in [7, 11) is 1.60. The van der Waals surface area contributed by atoms with Crippen molar-refractivity contribution >= 4 is 22.4 Å². The minimum absolute atomic E-state index is 0.177. The van der Waals surface area contributed by atoms with E-state index in [0.29, 0.717) is 18.9 Å². The van der Waals surface area contributed by atoms with Crippen LogP contribution in [0.3, 0.4) is 0 Å². The van der Waals surface area contributed by atoms with Crippen LogP contribution < -0.4 is 14.8 Å². The summed E-state index contributed by atoms with van der Waals surface area (Å²) in [5.74, 6) is 1.30. The zero-order valence-electron chi connectivity index (χ0n) is 17.0. The topological polar surface area (TPSA) is 60.7 Å². The zero-order chi connectivity index (χ0) is 20.8. The van der Waals surface area contributed by atoms with E-state index in [9.17, 15) is 4.79 Å². The van der Waals surface area contributed by atoms with Crippen molar-refractivity contribution in [3.8, 4) is 22.6 Å². The Morgan fingerprint density at radius 2 is 2.00 bits per heavy atom. The molecule has 0 atom stereocenters. The number of carbonyl (C=O) groups is 1. The van der Waals surface area contributed by atoms with Crippen molar-refractivity contribution in [1.29, 1.82) is 0 Å². The Morgan fingerprint density at radius 3 is 2.66 bits per heavy atom. The zero-order valence-corrected chi connectivity index (χ0v) is 17.0. The Bertz CT molecular complexity index is 1040. The van der Waals surface area contributed by atoms with Crippen molar-refractivity contribution in [3.63, 3.8) is 0 Å². The highest BCUT2D eigenvalue weighted by Crippen LogP contribution is 2.37. The van der Waals surface area contributed by atoms with Gasteiger partial charge in [-0.2, -0.15) is 0 Å². The van der Waals surface area contributed by atoms with E-state index in [4.69, 9.17) is 13.9 Å². The highest BCUT2D eigenvalue weighted by molar-refractivity contribution is 6.00. The predicted molar refractivity (Wildman–Crippen MR) is 116 cm³/mol. The summed E-state index contributed by atoms with van der Waals surface area (Å²) < 4.78 is 16.8. The largest absolute Gasteiger partial charge is 0.496 e. The maximum atomic E-state index is 12.1. The van der Waals surface area contributed by atoms with Gasteiger partial charge in [-0.05, 0) is 43.2 Å². The number of benzene rings is 2. The maximum Gasteiger partial charge on any atom is 0.244 e. The number of fused-ring (bicyclic) bond motifs is 1. The molecule has 29 heavy (non-hydrogen) atoms. The van der Waals surface area contributed by atoms with Crippen LogP contribution in [0.1, 0.15) is 19.4 Å². The average molecular weight is 391 g/mol. The summed E-state index contributed by atoms with van der Waals surface area (Å²) in [6.07, 6.45) is 4.94. The van der Waals surface area contributed by atoms with Crippen LogP contribution in [0.2, 0.25) is 0 Å². The van der Waals surface area contributed by atoms with Crippen molar-refractivity contribution in [2.75, 3.05) is 20.3 Å². The molecule has 0 aliphatic carbocycles. The quantitative estimate of drug-likeness (QED) is 0.423. The first-order valence-electron chi connectivity index (χ1n) is 9.47. The summed E-state index contributed by atoms with van der Waals surface area (Å²) in [5.41, 5.74) is 4.34. The van der Waals surface area contributed by atoms with E-state index < -0.39 is 0 Å². The molecule has 0 saturated carbocycles. The summed E-state index contributed by atoms with van der Waals surface area (Å²) in [6.45, 7) is 8.49. The molecule has 0 bridgehead atoms. The van der Waals surface area contributed by atoms with Crippen LogP contribution in [0.5, 0.6) is 11.5 Å². The van der Waals surface area contributed by atoms with Crippen LogP contribution >= 0.6 is 0 Å². The number of hydrogen-bond donors (Lipinski definition) is 1. The molecule has 1 amide bonds. The fourth-order valence-corrected chi connectivity index (χ4v) is 3.15. The number of furan rings is 1. The van der Waals surface area contributed by atoms with Gasteiger partial charge in [0.15, 0.2) is 0 Å². The minimum Gasteiger partial charge on any atom is -0.496 e. The third-order valence-electron chi connectivity index (χ3n) is 4.57. The van der Waals surface area contributed by atoms with E-state index >= 15 is 0 Å². The van der Waals surface area contributed by atoms with Crippen molar-refractivity contribution in [3.05, 3.63) is 67.0 Å². The third kappa shape index (κ3) is 4.51. The molecular formula is C24H25NO4. The molecule has 0 aliphatic rings. The Morgan fingerprint density at radius 1 is 1.24 bits per heavy atom. The lowest BCUT2D eigenvalue weighted by Gasteiger charge is -2.10. The molecule has 3 aromatic rings. The van der Waals surface area contributed by atoms with E-state index in [1.807, 2.05) is 50.2 Å². The van der Waals surface area contributed by atoms with Crippen LogP contribution in [0.15, 0.2) is 65.8 Å². The summed E-state index contributed by atoms with van der Waals surface area (Å²) in [6, 6.07) is 11.7. The van der Waals surface area contributed by atoms with E-state index in [1.54, 1.807) is 25.5 Å². The predicted octanol–water partition coefficient (Wildman–Crippen LogP) is 5.21. The molecule has 0 saturated heterocycles. The first-order chi connectivity index (χ1) is 14.1. The third-order valence-corrected chi connectivity index (χ3v) is 4.57. The molecule has 5 heteroatoms. The second-order valence-electron chi connectivity index (χ2n) is 6.52. The molecule has 0 spiro atoms. The van der Waals surface area contributed by atoms with Crippen LogP contribution in [0.4, 0.5) is 0 Å². The second kappa shape index (κ2) is 9.15. The summed E-state index contributed by atoms with van der Waals surface area (Å²) in [5, 5.41) is 3.70. The number of allylic oxidation sites excluding steroid dienone is 1. The van der Waals surface area contributed by atoms with Gasteiger partial charge in [0.2, 0.25) is 5.91 Å². The maximum absolute atomic E-state index is 12.1. The van der Waals surface area contributed by atoms with E-state index in [-0.39, 0.29) is 5.91 Å². The van der Waals surface area contributed by atoms with Crippen molar-refractivity contribution in [2.45, 2.75) is 13.8 Å². The van der Waals surface area contributed by atoms with Gasteiger partial charge in [-0.3, -0.25) is 4.79 Å². The monoisotopic (exact) mass is 391 g/mol. The molecule has 5 nitrogen and oxygen atoms in total. The van der Waals surface area contributed by atoms with Gasteiger partial charge < -0.3 is 19.2 Å². The van der Waals surface area contributed by atoms with Crippen LogP contribution in [-0.2, 0) is 4.79 Å². The normalized spacial score (nSPS) is 11.3. The van der Waals surface area contributed by atoms with Gasteiger partial charge in [0.25, 0.3) is 0 Å². The number of carbonyl (C=O) groups excluding carboxylic acids is 1. The van der Waals surface area contributed by atoms with Gasteiger partial charge in [-0.15, -0.1) is 6.58 Å². The van der Waals surface area contributed by atoms with Gasteiger partial charge in [0.05, 0.1) is 20.0 Å². The lowest BCUT2D eigenvalue weighted by atomic mass is 9.99. The summed E-state index contributed by atoms with van der Waals surface area (Å²) in [4.78, 5) is 12.1. The van der Waals surface area contributed by atoms with Crippen LogP contribution in [-0.4, -0.2) is 26.2 Å². The molecule has 0 radical (unpaired) electrons. The molecule has 1 N–H and O–H groups in total. The Kier molecular flexibility index (Phi) is 6.39. The molecule has 2 aromatic carbocycles. The first kappa shape index (κ1) is 20.3. The van der Waals surface area contributed by atoms with Gasteiger partial charge in [0, 0.05) is 35.2 Å². The molecule has 3 rings (SSSR count). The van der Waals surface area contributed by atoms with Crippen LogP contribution in [0.25, 0.3) is 27.7 Å². The van der Waals surface area contributed by atoms with Gasteiger partial charge in [-0.25, -0.2) is 0 Å². The number of nitrogens with one attached hydrogen (secondary N) is 1. The second-order valence-corrected chi connectivity index (χ2v) is 6.52. The SMILES string of the molecule is C=CCNC(=O)/C=C(\C)c1cc2c(-c3ccc(OCC)cc3)coc2cc1OC. The molecule has 0 unspecified atom stereocenters. The van der Waals surface area contributed by atoms with E-state index in [0.717, 1.165) is 39.0 Å². The lowest BCUT2D eigenvalue weighted by Crippen LogP contribution is -2.20. The Labute approximate surface area is 170 Å². The fraction of sp³-hybridized carbons (Fsp3) is 0.208. The Balaban J connectivity index is 2.03. The number of ether oxygens (including phenoxy) is 2.